The van der Waals surface area contributed by atoms with Crippen molar-refractivity contribution in [3.63, 3.8) is 0 Å². The number of halogens is 2. The number of ether oxygens (including phenoxy) is 1. The Morgan fingerprint density at radius 2 is 2.14 bits per heavy atom. The molecule has 0 aliphatic carbocycles. The van der Waals surface area contributed by atoms with Crippen molar-refractivity contribution in [3.05, 3.63) is 38.3 Å². The SMILES string of the molecule is Cc1n[nH]c(=S)n1NCc1cc(Cl)cc(Cl)c1OC(C)C. The molecule has 0 radical (unpaired) electrons. The van der Waals surface area contributed by atoms with Crippen molar-refractivity contribution in [1.82, 2.24) is 14.9 Å². The molecule has 114 valence electrons. The zero-order chi connectivity index (χ0) is 15.6. The van der Waals surface area contributed by atoms with Crippen molar-refractivity contribution < 1.29 is 4.74 Å². The summed E-state index contributed by atoms with van der Waals surface area (Å²) in [5.74, 6) is 1.36. The summed E-state index contributed by atoms with van der Waals surface area (Å²) in [4.78, 5) is 0. The molecular weight excluding hydrogens is 331 g/mol. The van der Waals surface area contributed by atoms with E-state index in [1.807, 2.05) is 26.8 Å². The Hall–Kier alpha value is -1.24. The predicted molar refractivity (Wildman–Crippen MR) is 87.4 cm³/mol. The molecule has 21 heavy (non-hydrogen) atoms. The van der Waals surface area contributed by atoms with Gasteiger partial charge in [-0.3, -0.25) is 5.10 Å². The van der Waals surface area contributed by atoms with Gasteiger partial charge < -0.3 is 10.2 Å². The van der Waals surface area contributed by atoms with Gasteiger partial charge in [-0.05, 0) is 45.1 Å². The summed E-state index contributed by atoms with van der Waals surface area (Å²) in [6, 6.07) is 3.48. The molecule has 0 spiro atoms. The Balaban J connectivity index is 2.28. The summed E-state index contributed by atoms with van der Waals surface area (Å²) in [5.41, 5.74) is 4.02. The molecule has 0 aliphatic heterocycles. The van der Waals surface area contributed by atoms with Crippen LogP contribution < -0.4 is 10.2 Å². The number of aromatic amines is 1. The van der Waals surface area contributed by atoms with Crippen LogP contribution in [0, 0.1) is 11.7 Å². The lowest BCUT2D eigenvalue weighted by Gasteiger charge is -2.17. The highest BCUT2D eigenvalue weighted by atomic mass is 35.5. The monoisotopic (exact) mass is 346 g/mol. The van der Waals surface area contributed by atoms with Crippen molar-refractivity contribution in [1.29, 1.82) is 0 Å². The molecule has 0 unspecified atom stereocenters. The molecule has 2 aromatic rings. The van der Waals surface area contributed by atoms with Crippen LogP contribution in [0.15, 0.2) is 12.1 Å². The molecular formula is C13H16Cl2N4OS. The van der Waals surface area contributed by atoms with E-state index >= 15 is 0 Å². The summed E-state index contributed by atoms with van der Waals surface area (Å²) in [5, 5.41) is 7.79. The smallest absolute Gasteiger partial charge is 0.214 e. The molecule has 0 saturated heterocycles. The number of hydrogen-bond donors (Lipinski definition) is 2. The van der Waals surface area contributed by atoms with E-state index in [1.54, 1.807) is 10.7 Å². The molecule has 1 aromatic heterocycles. The second-order valence-electron chi connectivity index (χ2n) is 4.79. The van der Waals surface area contributed by atoms with Crippen LogP contribution in [0.25, 0.3) is 0 Å². The molecule has 2 rings (SSSR count). The van der Waals surface area contributed by atoms with E-state index in [-0.39, 0.29) is 6.10 Å². The van der Waals surface area contributed by atoms with Crippen LogP contribution in [0.4, 0.5) is 0 Å². The number of nitrogens with zero attached hydrogens (tertiary/aromatic N) is 2. The van der Waals surface area contributed by atoms with Gasteiger partial charge in [0.2, 0.25) is 4.77 Å². The first-order chi connectivity index (χ1) is 9.88. The van der Waals surface area contributed by atoms with Crippen molar-refractivity contribution >= 4 is 35.4 Å². The quantitative estimate of drug-likeness (QED) is 0.800. The maximum atomic E-state index is 6.22. The molecule has 0 amide bonds. The van der Waals surface area contributed by atoms with E-state index in [1.165, 1.54) is 0 Å². The molecule has 2 N–H and O–H groups in total. The molecule has 0 saturated carbocycles. The van der Waals surface area contributed by atoms with Crippen LogP contribution in [-0.4, -0.2) is 21.0 Å². The number of rotatable bonds is 5. The first-order valence-electron chi connectivity index (χ1n) is 6.41. The van der Waals surface area contributed by atoms with Crippen LogP contribution in [-0.2, 0) is 6.54 Å². The molecule has 1 aromatic carbocycles. The lowest BCUT2D eigenvalue weighted by atomic mass is 10.2. The number of hydrogen-bond acceptors (Lipinski definition) is 4. The third-order valence-corrected chi connectivity index (χ3v) is 3.48. The molecule has 5 nitrogen and oxygen atoms in total. The Labute approximate surface area is 138 Å². The summed E-state index contributed by atoms with van der Waals surface area (Å²) in [6.45, 7) is 6.18. The first kappa shape index (κ1) is 16.1. The Morgan fingerprint density at radius 3 is 2.71 bits per heavy atom. The van der Waals surface area contributed by atoms with Gasteiger partial charge in [-0.1, -0.05) is 23.2 Å². The molecule has 8 heteroatoms. The number of aromatic nitrogens is 3. The Bertz CT molecular complexity index is 696. The lowest BCUT2D eigenvalue weighted by Crippen LogP contribution is -2.17. The van der Waals surface area contributed by atoms with Gasteiger partial charge in [-0.15, -0.1) is 0 Å². The maximum Gasteiger partial charge on any atom is 0.214 e. The largest absolute Gasteiger partial charge is 0.489 e. The number of benzene rings is 1. The number of aryl methyl sites for hydroxylation is 1. The van der Waals surface area contributed by atoms with E-state index in [4.69, 9.17) is 40.2 Å². The zero-order valence-corrected chi connectivity index (χ0v) is 14.2. The third kappa shape index (κ3) is 3.90. The Morgan fingerprint density at radius 1 is 1.43 bits per heavy atom. The Kier molecular flexibility index (Phi) is 5.13. The van der Waals surface area contributed by atoms with E-state index in [9.17, 15) is 0 Å². The topological polar surface area (TPSA) is 54.9 Å². The lowest BCUT2D eigenvalue weighted by molar-refractivity contribution is 0.240. The van der Waals surface area contributed by atoms with Crippen molar-refractivity contribution in [2.45, 2.75) is 33.4 Å². The van der Waals surface area contributed by atoms with Gasteiger partial charge >= 0.3 is 0 Å². The van der Waals surface area contributed by atoms with E-state index < -0.39 is 0 Å². The zero-order valence-electron chi connectivity index (χ0n) is 11.9. The fourth-order valence-electron chi connectivity index (χ4n) is 1.84. The van der Waals surface area contributed by atoms with Crippen LogP contribution >= 0.6 is 35.4 Å². The highest BCUT2D eigenvalue weighted by Crippen LogP contribution is 2.33. The van der Waals surface area contributed by atoms with Gasteiger partial charge in [-0.2, -0.15) is 5.10 Å². The van der Waals surface area contributed by atoms with Crippen molar-refractivity contribution in [3.8, 4) is 5.75 Å². The van der Waals surface area contributed by atoms with Crippen LogP contribution in [0.2, 0.25) is 10.0 Å². The maximum absolute atomic E-state index is 6.22. The second kappa shape index (κ2) is 6.68. The summed E-state index contributed by atoms with van der Waals surface area (Å²) in [7, 11) is 0. The van der Waals surface area contributed by atoms with Gasteiger partial charge in [0.25, 0.3) is 0 Å². The van der Waals surface area contributed by atoms with Gasteiger partial charge in [0.05, 0.1) is 17.7 Å². The molecule has 0 aliphatic rings. The minimum Gasteiger partial charge on any atom is -0.489 e. The molecule has 0 bridgehead atoms. The van der Waals surface area contributed by atoms with Crippen LogP contribution in [0.5, 0.6) is 5.75 Å². The van der Waals surface area contributed by atoms with E-state index in [0.29, 0.717) is 27.1 Å². The molecule has 0 fully saturated rings. The van der Waals surface area contributed by atoms with Crippen LogP contribution in [0.3, 0.4) is 0 Å². The highest BCUT2D eigenvalue weighted by Gasteiger charge is 2.13. The molecule has 0 atom stereocenters. The fourth-order valence-corrected chi connectivity index (χ4v) is 2.66. The minimum absolute atomic E-state index is 0.0141. The standard InChI is InChI=1S/C13H16Cl2N4OS/c1-7(2)20-12-9(4-10(14)5-11(12)15)6-16-19-8(3)17-18-13(19)21/h4-5,7,16H,6H2,1-3H3,(H,18,21). The number of nitrogens with one attached hydrogen (secondary N) is 2. The molecule has 1 heterocycles. The third-order valence-electron chi connectivity index (χ3n) is 2.71. The average molecular weight is 347 g/mol. The van der Waals surface area contributed by atoms with E-state index in [0.717, 1.165) is 11.4 Å². The van der Waals surface area contributed by atoms with Gasteiger partial charge in [0.15, 0.2) is 0 Å². The van der Waals surface area contributed by atoms with Crippen molar-refractivity contribution in [2.24, 2.45) is 0 Å². The number of H-pyrrole nitrogens is 1. The minimum atomic E-state index is 0.0141. The highest BCUT2D eigenvalue weighted by molar-refractivity contribution is 7.71. The summed E-state index contributed by atoms with van der Waals surface area (Å²) in [6.07, 6.45) is 0.0141. The summed E-state index contributed by atoms with van der Waals surface area (Å²) < 4.78 is 7.95. The fraction of sp³-hybridized carbons (Fsp3) is 0.385. The predicted octanol–water partition coefficient (Wildman–Crippen LogP) is 4.09. The second-order valence-corrected chi connectivity index (χ2v) is 6.02. The van der Waals surface area contributed by atoms with Gasteiger partial charge in [-0.25, -0.2) is 4.68 Å². The van der Waals surface area contributed by atoms with Gasteiger partial charge in [0.1, 0.15) is 11.6 Å². The first-order valence-corrected chi connectivity index (χ1v) is 7.57. The van der Waals surface area contributed by atoms with Gasteiger partial charge in [0, 0.05) is 10.6 Å². The van der Waals surface area contributed by atoms with Crippen LogP contribution in [0.1, 0.15) is 25.2 Å². The average Bonchev–Trinajstić information content (AvgIpc) is 2.70. The van der Waals surface area contributed by atoms with Crippen molar-refractivity contribution in [2.75, 3.05) is 5.43 Å². The normalized spacial score (nSPS) is 11.0. The summed E-state index contributed by atoms with van der Waals surface area (Å²) >= 11 is 17.4. The van der Waals surface area contributed by atoms with E-state index in [2.05, 4.69) is 15.6 Å².